The van der Waals surface area contributed by atoms with Crippen LogP contribution in [0.1, 0.15) is 61.3 Å². The molecule has 34 heavy (non-hydrogen) atoms. The number of aromatic nitrogens is 4. The standard InChI is InChI=1S/C25H25F2N5O2/c1-4-32(23(34)19-11-29-20(33)12-28-19)13-25-9-8-15(24(25,2)3)14-10-18(30-31-22(14)25)21-16(26)6-5-7-17(21)27/h5-7,10-12,15H,4,8-9,13H2,1-3H3,(H,29,33)/t15-,25-/m1/s1. The molecule has 0 spiro atoms. The van der Waals surface area contributed by atoms with Gasteiger partial charge in [-0.15, -0.1) is 0 Å². The summed E-state index contributed by atoms with van der Waals surface area (Å²) in [5.41, 5.74) is 1.18. The number of likely N-dealkylation sites (N-methyl/N-ethyl adjacent to an activating group) is 1. The number of fused-ring (bicyclic) bond motifs is 5. The Hall–Kier alpha value is -3.49. The van der Waals surface area contributed by atoms with Gasteiger partial charge in [-0.2, -0.15) is 10.2 Å². The SMILES string of the molecule is CCN(C[C@]12CC[C@H](c3cc(-c4c(F)cccc4F)nnc31)C2(C)C)C(=O)c1cnc(O)cn1. The molecule has 9 heteroatoms. The van der Waals surface area contributed by atoms with Crippen LogP contribution >= 0.6 is 0 Å². The first-order chi connectivity index (χ1) is 16.2. The summed E-state index contributed by atoms with van der Waals surface area (Å²) in [6, 6.07) is 5.51. The summed E-state index contributed by atoms with van der Waals surface area (Å²) in [7, 11) is 0. The number of aromatic hydroxyl groups is 1. The van der Waals surface area contributed by atoms with Gasteiger partial charge in [0, 0.05) is 18.5 Å². The van der Waals surface area contributed by atoms with Crippen molar-refractivity contribution in [3.05, 3.63) is 65.2 Å². The zero-order chi connectivity index (χ0) is 24.3. The second-order valence-electron chi connectivity index (χ2n) is 9.60. The molecule has 1 amide bonds. The fourth-order valence-corrected chi connectivity index (χ4v) is 5.89. The predicted octanol–water partition coefficient (Wildman–Crippen LogP) is 4.23. The Balaban J connectivity index is 1.55. The number of nitrogens with zero attached hydrogens (tertiary/aromatic N) is 5. The van der Waals surface area contributed by atoms with E-state index in [9.17, 15) is 18.7 Å². The molecular weight excluding hydrogens is 440 g/mol. The van der Waals surface area contributed by atoms with Gasteiger partial charge in [0.05, 0.1) is 29.3 Å². The molecule has 176 valence electrons. The van der Waals surface area contributed by atoms with Crippen LogP contribution in [0.25, 0.3) is 11.3 Å². The molecule has 0 aliphatic heterocycles. The molecule has 2 heterocycles. The average Bonchev–Trinajstić information content (AvgIpc) is 3.17. The minimum atomic E-state index is -0.677. The van der Waals surface area contributed by atoms with Gasteiger partial charge in [-0.05, 0) is 54.9 Å². The van der Waals surface area contributed by atoms with Crippen LogP contribution in [0.2, 0.25) is 0 Å². The molecule has 0 saturated heterocycles. The third-order valence-corrected chi connectivity index (χ3v) is 7.82. The lowest BCUT2D eigenvalue weighted by Crippen LogP contribution is -2.48. The van der Waals surface area contributed by atoms with Crippen LogP contribution in [0.3, 0.4) is 0 Å². The van der Waals surface area contributed by atoms with Gasteiger partial charge in [0.15, 0.2) is 0 Å². The highest BCUT2D eigenvalue weighted by Gasteiger charge is 2.64. The maximum Gasteiger partial charge on any atom is 0.274 e. The van der Waals surface area contributed by atoms with Gasteiger partial charge in [0.1, 0.15) is 17.3 Å². The van der Waals surface area contributed by atoms with E-state index in [1.165, 1.54) is 24.4 Å². The van der Waals surface area contributed by atoms with Crippen molar-refractivity contribution in [1.29, 1.82) is 0 Å². The third-order valence-electron chi connectivity index (χ3n) is 7.82. The Kier molecular flexibility index (Phi) is 5.11. The molecular formula is C25H25F2N5O2. The third kappa shape index (κ3) is 3.09. The minimum Gasteiger partial charge on any atom is -0.492 e. The molecule has 2 atom stereocenters. The fraction of sp³-hybridized carbons (Fsp3) is 0.400. The lowest BCUT2D eigenvalue weighted by atomic mass is 9.68. The maximum absolute atomic E-state index is 14.4. The average molecular weight is 466 g/mol. The van der Waals surface area contributed by atoms with Crippen molar-refractivity contribution >= 4 is 5.91 Å². The number of hydrogen-bond acceptors (Lipinski definition) is 6. The molecule has 3 aromatic rings. The highest BCUT2D eigenvalue weighted by molar-refractivity contribution is 5.92. The molecule has 5 rings (SSSR count). The van der Waals surface area contributed by atoms with E-state index in [0.717, 1.165) is 30.3 Å². The number of hydrogen-bond donors (Lipinski definition) is 1. The normalized spacial score (nSPS) is 22.0. The molecule has 1 saturated carbocycles. The molecule has 2 aromatic heterocycles. The highest BCUT2D eigenvalue weighted by atomic mass is 19.1. The number of rotatable bonds is 5. The lowest BCUT2D eigenvalue weighted by molar-refractivity contribution is 0.0646. The summed E-state index contributed by atoms with van der Waals surface area (Å²) in [4.78, 5) is 22.7. The number of halogens is 2. The van der Waals surface area contributed by atoms with E-state index in [2.05, 4.69) is 34.0 Å². The van der Waals surface area contributed by atoms with E-state index in [1.54, 1.807) is 11.0 Å². The number of carbonyl (C=O) groups is 1. The molecule has 2 bridgehead atoms. The van der Waals surface area contributed by atoms with Crippen molar-refractivity contribution in [2.24, 2.45) is 5.41 Å². The van der Waals surface area contributed by atoms with E-state index in [-0.39, 0.29) is 40.1 Å². The van der Waals surface area contributed by atoms with Crippen LogP contribution in [0.15, 0.2) is 36.7 Å². The molecule has 1 fully saturated rings. The van der Waals surface area contributed by atoms with Gasteiger partial charge in [-0.1, -0.05) is 19.9 Å². The fourth-order valence-electron chi connectivity index (χ4n) is 5.89. The van der Waals surface area contributed by atoms with Gasteiger partial charge in [-0.25, -0.2) is 18.7 Å². The predicted molar refractivity (Wildman–Crippen MR) is 120 cm³/mol. The van der Waals surface area contributed by atoms with Crippen molar-refractivity contribution in [3.63, 3.8) is 0 Å². The lowest BCUT2D eigenvalue weighted by Gasteiger charge is -2.41. The second-order valence-corrected chi connectivity index (χ2v) is 9.60. The van der Waals surface area contributed by atoms with E-state index in [1.807, 2.05) is 6.92 Å². The highest BCUT2D eigenvalue weighted by Crippen LogP contribution is 2.67. The Morgan fingerprint density at radius 1 is 1.18 bits per heavy atom. The number of carbonyl (C=O) groups excluding carboxylic acids is 1. The summed E-state index contributed by atoms with van der Waals surface area (Å²) in [6.07, 6.45) is 4.12. The first-order valence-electron chi connectivity index (χ1n) is 11.3. The molecule has 0 unspecified atom stereocenters. The smallest absolute Gasteiger partial charge is 0.274 e. The molecule has 0 radical (unpaired) electrons. The Labute approximate surface area is 195 Å². The molecule has 1 N–H and O–H groups in total. The van der Waals surface area contributed by atoms with Crippen LogP contribution in [-0.2, 0) is 5.41 Å². The van der Waals surface area contributed by atoms with Crippen molar-refractivity contribution in [3.8, 4) is 17.1 Å². The largest absolute Gasteiger partial charge is 0.492 e. The van der Waals surface area contributed by atoms with Crippen molar-refractivity contribution in [1.82, 2.24) is 25.1 Å². The Morgan fingerprint density at radius 2 is 1.91 bits per heavy atom. The van der Waals surface area contributed by atoms with Crippen molar-refractivity contribution < 1.29 is 18.7 Å². The van der Waals surface area contributed by atoms with E-state index in [4.69, 9.17) is 0 Å². The first kappa shape index (κ1) is 22.3. The van der Waals surface area contributed by atoms with Gasteiger partial charge in [0.2, 0.25) is 5.88 Å². The summed E-state index contributed by atoms with van der Waals surface area (Å²) < 4.78 is 28.8. The zero-order valence-electron chi connectivity index (χ0n) is 19.2. The Morgan fingerprint density at radius 3 is 2.56 bits per heavy atom. The van der Waals surface area contributed by atoms with E-state index < -0.39 is 17.0 Å². The molecule has 1 aromatic carbocycles. The molecule has 2 aliphatic carbocycles. The van der Waals surface area contributed by atoms with Gasteiger partial charge >= 0.3 is 0 Å². The topological polar surface area (TPSA) is 92.1 Å². The summed E-state index contributed by atoms with van der Waals surface area (Å²) in [5, 5.41) is 18.2. The van der Waals surface area contributed by atoms with Crippen LogP contribution in [0, 0.1) is 17.0 Å². The van der Waals surface area contributed by atoms with Crippen LogP contribution in [0.4, 0.5) is 8.78 Å². The first-order valence-corrected chi connectivity index (χ1v) is 11.3. The van der Waals surface area contributed by atoms with Crippen LogP contribution < -0.4 is 0 Å². The second kappa shape index (κ2) is 7.78. The minimum absolute atomic E-state index is 0.133. The number of amides is 1. The maximum atomic E-state index is 14.4. The molecule has 7 nitrogen and oxygen atoms in total. The van der Waals surface area contributed by atoms with Gasteiger partial charge in [-0.3, -0.25) is 4.79 Å². The summed E-state index contributed by atoms with van der Waals surface area (Å²) in [5.74, 6) is -1.75. The van der Waals surface area contributed by atoms with Crippen molar-refractivity contribution in [2.45, 2.75) is 44.9 Å². The van der Waals surface area contributed by atoms with Crippen LogP contribution in [-0.4, -0.2) is 49.2 Å². The summed E-state index contributed by atoms with van der Waals surface area (Å²) >= 11 is 0. The zero-order valence-corrected chi connectivity index (χ0v) is 19.2. The van der Waals surface area contributed by atoms with Gasteiger partial charge < -0.3 is 10.0 Å². The quantitative estimate of drug-likeness (QED) is 0.606. The van der Waals surface area contributed by atoms with Gasteiger partial charge in [0.25, 0.3) is 5.91 Å². The van der Waals surface area contributed by atoms with Crippen LogP contribution in [0.5, 0.6) is 5.88 Å². The van der Waals surface area contributed by atoms with E-state index >= 15 is 0 Å². The molecule has 2 aliphatic rings. The summed E-state index contributed by atoms with van der Waals surface area (Å²) in [6.45, 7) is 7.07. The Bertz CT molecular complexity index is 1260. The number of benzene rings is 1. The van der Waals surface area contributed by atoms with Crippen molar-refractivity contribution in [2.75, 3.05) is 13.1 Å². The van der Waals surface area contributed by atoms with E-state index in [0.29, 0.717) is 13.1 Å². The monoisotopic (exact) mass is 465 g/mol.